The molecule has 0 saturated carbocycles. The molecule has 34 heavy (non-hydrogen) atoms. The predicted molar refractivity (Wildman–Crippen MR) is 126 cm³/mol. The van der Waals surface area contributed by atoms with Gasteiger partial charge in [0.25, 0.3) is 0 Å². The molecule has 2 heterocycles. The maximum absolute atomic E-state index is 13.9. The van der Waals surface area contributed by atoms with Crippen LogP contribution >= 0.6 is 15.9 Å². The lowest BCUT2D eigenvalue weighted by atomic mass is 9.77. The molecule has 0 radical (unpaired) electrons. The Labute approximate surface area is 203 Å². The summed E-state index contributed by atoms with van der Waals surface area (Å²) in [4.78, 5) is 56.3. The SMILES string of the molecule is Cc1ccc(N2C(=O)[C@H]3[C@@H](c4ccccc4)OC4(C(=O)c5ccccc5C4=O)[C@@H]3C2=O)c(Br)c1. The standard InChI is InChI=1S/C27H18BrNO5/c1-14-11-12-19(18(28)13-14)29-25(32)20-21(26(29)33)27(34-22(20)15-7-3-2-4-8-15)23(30)16-9-5-6-10-17(16)24(27)31/h2-13,20-22H,1H3/t20-,21+,22-/m1/s1. The number of ketones is 2. The summed E-state index contributed by atoms with van der Waals surface area (Å²) in [5, 5.41) is 0. The van der Waals surface area contributed by atoms with Crippen LogP contribution in [-0.2, 0) is 14.3 Å². The van der Waals surface area contributed by atoms with Crippen LogP contribution in [0.25, 0.3) is 0 Å². The van der Waals surface area contributed by atoms with Gasteiger partial charge in [-0.3, -0.25) is 19.2 Å². The zero-order chi connectivity index (χ0) is 23.8. The fraction of sp³-hybridized carbons (Fsp3) is 0.185. The summed E-state index contributed by atoms with van der Waals surface area (Å²) < 4.78 is 6.84. The lowest BCUT2D eigenvalue weighted by molar-refractivity contribution is -0.127. The smallest absolute Gasteiger partial charge is 0.241 e. The number of ether oxygens (including phenoxy) is 1. The first-order valence-corrected chi connectivity index (χ1v) is 11.7. The molecular weight excluding hydrogens is 498 g/mol. The number of Topliss-reactive ketones (excluding diaryl/α,β-unsaturated/α-hetero) is 2. The van der Waals surface area contributed by atoms with Crippen molar-refractivity contribution in [2.24, 2.45) is 11.8 Å². The van der Waals surface area contributed by atoms with Gasteiger partial charge in [-0.25, -0.2) is 4.90 Å². The number of imide groups is 1. The zero-order valence-corrected chi connectivity index (χ0v) is 19.6. The van der Waals surface area contributed by atoms with E-state index in [1.54, 1.807) is 60.7 Å². The molecule has 6 rings (SSSR count). The van der Waals surface area contributed by atoms with Gasteiger partial charge >= 0.3 is 0 Å². The van der Waals surface area contributed by atoms with Crippen molar-refractivity contribution >= 4 is 45.0 Å². The molecule has 0 unspecified atom stereocenters. The third-order valence-electron chi connectivity index (χ3n) is 6.99. The normalized spacial score (nSPS) is 24.8. The van der Waals surface area contributed by atoms with Crippen molar-refractivity contribution in [2.75, 3.05) is 4.90 Å². The molecule has 3 aromatic rings. The van der Waals surface area contributed by atoms with Crippen LogP contribution in [0.4, 0.5) is 5.69 Å². The molecule has 1 spiro atoms. The number of hydrogen-bond donors (Lipinski definition) is 0. The largest absolute Gasteiger partial charge is 0.349 e. The Bertz CT molecular complexity index is 1380. The van der Waals surface area contributed by atoms with Gasteiger partial charge in [0.05, 0.1) is 23.6 Å². The molecule has 0 aromatic heterocycles. The zero-order valence-electron chi connectivity index (χ0n) is 18.0. The van der Waals surface area contributed by atoms with E-state index in [9.17, 15) is 19.2 Å². The Morgan fingerprint density at radius 2 is 1.44 bits per heavy atom. The highest BCUT2D eigenvalue weighted by Gasteiger charge is 2.74. The molecule has 0 bridgehead atoms. The second-order valence-corrected chi connectivity index (χ2v) is 9.71. The topological polar surface area (TPSA) is 80.8 Å². The van der Waals surface area contributed by atoms with Gasteiger partial charge in [0.2, 0.25) is 29.0 Å². The van der Waals surface area contributed by atoms with Crippen LogP contribution < -0.4 is 4.90 Å². The second kappa shape index (κ2) is 7.29. The molecule has 2 fully saturated rings. The number of amides is 2. The van der Waals surface area contributed by atoms with Crippen molar-refractivity contribution in [1.82, 2.24) is 0 Å². The van der Waals surface area contributed by atoms with E-state index in [0.717, 1.165) is 10.5 Å². The predicted octanol–water partition coefficient (Wildman–Crippen LogP) is 4.45. The third-order valence-corrected chi connectivity index (χ3v) is 7.63. The lowest BCUT2D eigenvalue weighted by Crippen LogP contribution is -2.51. The van der Waals surface area contributed by atoms with Crippen LogP contribution in [0.3, 0.4) is 0 Å². The minimum atomic E-state index is -2.06. The van der Waals surface area contributed by atoms with Crippen molar-refractivity contribution in [1.29, 1.82) is 0 Å². The number of hydrogen-bond acceptors (Lipinski definition) is 5. The van der Waals surface area contributed by atoms with Crippen LogP contribution in [0.1, 0.15) is 37.9 Å². The van der Waals surface area contributed by atoms with E-state index < -0.39 is 46.9 Å². The number of fused-ring (bicyclic) bond motifs is 3. The van der Waals surface area contributed by atoms with Gasteiger partial charge in [0, 0.05) is 15.6 Å². The molecule has 168 valence electrons. The summed E-state index contributed by atoms with van der Waals surface area (Å²) in [6.07, 6.45) is -0.918. The van der Waals surface area contributed by atoms with Gasteiger partial charge in [0.15, 0.2) is 0 Å². The van der Waals surface area contributed by atoms with Crippen LogP contribution in [0.15, 0.2) is 77.3 Å². The fourth-order valence-corrected chi connectivity index (χ4v) is 6.16. The Balaban J connectivity index is 1.56. The number of halogens is 1. The Kier molecular flexibility index (Phi) is 4.53. The van der Waals surface area contributed by atoms with Gasteiger partial charge in [-0.2, -0.15) is 0 Å². The first kappa shape index (κ1) is 21.1. The molecule has 2 amide bonds. The molecular formula is C27H18BrNO5. The summed E-state index contributed by atoms with van der Waals surface area (Å²) in [6, 6.07) is 20.7. The molecule has 2 aliphatic heterocycles. The highest BCUT2D eigenvalue weighted by Crippen LogP contribution is 2.58. The Hall–Kier alpha value is -3.42. The minimum absolute atomic E-state index is 0.218. The Morgan fingerprint density at radius 1 is 0.824 bits per heavy atom. The molecule has 2 saturated heterocycles. The maximum atomic E-state index is 13.9. The van der Waals surface area contributed by atoms with Gasteiger partial charge in [-0.05, 0) is 46.1 Å². The van der Waals surface area contributed by atoms with Crippen LogP contribution in [0.2, 0.25) is 0 Å². The molecule has 3 aromatic carbocycles. The monoisotopic (exact) mass is 515 g/mol. The number of anilines is 1. The van der Waals surface area contributed by atoms with Crippen LogP contribution in [0.5, 0.6) is 0 Å². The molecule has 3 aliphatic rings. The average Bonchev–Trinajstić information content (AvgIpc) is 3.40. The van der Waals surface area contributed by atoms with Gasteiger partial charge in [-0.1, -0.05) is 60.7 Å². The van der Waals surface area contributed by atoms with E-state index in [4.69, 9.17) is 4.74 Å². The molecule has 1 aliphatic carbocycles. The van der Waals surface area contributed by atoms with Crippen molar-refractivity contribution in [3.8, 4) is 0 Å². The minimum Gasteiger partial charge on any atom is -0.349 e. The van der Waals surface area contributed by atoms with Crippen molar-refractivity contribution in [3.63, 3.8) is 0 Å². The van der Waals surface area contributed by atoms with E-state index in [2.05, 4.69) is 15.9 Å². The lowest BCUT2D eigenvalue weighted by Gasteiger charge is -2.27. The highest BCUT2D eigenvalue weighted by atomic mass is 79.9. The van der Waals surface area contributed by atoms with E-state index in [1.165, 1.54) is 0 Å². The van der Waals surface area contributed by atoms with Crippen LogP contribution in [0, 0.1) is 18.8 Å². The number of carbonyl (C=O) groups excluding carboxylic acids is 4. The van der Waals surface area contributed by atoms with Crippen molar-refractivity contribution in [2.45, 2.75) is 18.6 Å². The molecule has 3 atom stereocenters. The molecule has 0 N–H and O–H groups in total. The molecule has 7 heteroatoms. The van der Waals surface area contributed by atoms with Gasteiger partial charge < -0.3 is 4.74 Å². The fourth-order valence-electron chi connectivity index (χ4n) is 5.49. The third kappa shape index (κ3) is 2.59. The Morgan fingerprint density at radius 3 is 2.06 bits per heavy atom. The summed E-state index contributed by atoms with van der Waals surface area (Å²) in [7, 11) is 0. The number of benzene rings is 3. The van der Waals surface area contributed by atoms with E-state index in [0.29, 0.717) is 15.7 Å². The van der Waals surface area contributed by atoms with Crippen molar-refractivity contribution in [3.05, 3.63) is 99.5 Å². The van der Waals surface area contributed by atoms with Gasteiger partial charge in [0.1, 0.15) is 0 Å². The van der Waals surface area contributed by atoms with E-state index >= 15 is 0 Å². The number of carbonyl (C=O) groups is 4. The number of aryl methyl sites for hydroxylation is 1. The summed E-state index contributed by atoms with van der Waals surface area (Å²) in [6.45, 7) is 1.90. The summed E-state index contributed by atoms with van der Waals surface area (Å²) >= 11 is 3.46. The average molecular weight is 516 g/mol. The first-order chi connectivity index (χ1) is 16.4. The number of rotatable bonds is 2. The maximum Gasteiger partial charge on any atom is 0.241 e. The number of nitrogens with zero attached hydrogens (tertiary/aromatic N) is 1. The van der Waals surface area contributed by atoms with E-state index in [-0.39, 0.29) is 11.1 Å². The first-order valence-electron chi connectivity index (χ1n) is 10.9. The van der Waals surface area contributed by atoms with Gasteiger partial charge in [-0.15, -0.1) is 0 Å². The summed E-state index contributed by atoms with van der Waals surface area (Å²) in [5.74, 6) is -4.48. The summed E-state index contributed by atoms with van der Waals surface area (Å²) in [5.41, 5.74) is 0.344. The van der Waals surface area contributed by atoms with Crippen molar-refractivity contribution < 1.29 is 23.9 Å². The van der Waals surface area contributed by atoms with E-state index in [1.807, 2.05) is 19.1 Å². The second-order valence-electron chi connectivity index (χ2n) is 8.86. The molecule has 6 nitrogen and oxygen atoms in total. The quantitative estimate of drug-likeness (QED) is 0.372. The van der Waals surface area contributed by atoms with Crippen LogP contribution in [-0.4, -0.2) is 29.0 Å². The highest BCUT2D eigenvalue weighted by molar-refractivity contribution is 9.10.